The van der Waals surface area contributed by atoms with E-state index in [0.29, 0.717) is 16.1 Å². The minimum absolute atomic E-state index is 0.00685. The predicted octanol–water partition coefficient (Wildman–Crippen LogP) is 1.24. The van der Waals surface area contributed by atoms with Crippen LogP contribution in [0.3, 0.4) is 0 Å². The van der Waals surface area contributed by atoms with E-state index < -0.39 is 35.8 Å². The van der Waals surface area contributed by atoms with Gasteiger partial charge in [0.05, 0.1) is 12.0 Å². The van der Waals surface area contributed by atoms with Gasteiger partial charge >= 0.3 is 5.97 Å². The van der Waals surface area contributed by atoms with Gasteiger partial charge in [0, 0.05) is 22.8 Å². The molecule has 2 aromatic carbocycles. The summed E-state index contributed by atoms with van der Waals surface area (Å²) in [5.41, 5.74) is 13.2. The van der Waals surface area contributed by atoms with Crippen molar-refractivity contribution in [2.45, 2.75) is 25.3 Å². The molecule has 0 aliphatic rings. The molecule has 0 heterocycles. The van der Waals surface area contributed by atoms with E-state index in [-0.39, 0.29) is 31.5 Å². The van der Waals surface area contributed by atoms with E-state index in [9.17, 15) is 24.2 Å². The average molecular weight is 494 g/mol. The molecular weight excluding hydrogens is 465 g/mol. The molecule has 10 N–H and O–H groups in total. The maximum absolute atomic E-state index is 14.2. The molecule has 0 fully saturated rings. The largest absolute Gasteiger partial charge is 0.481 e. The molecule has 0 radical (unpaired) electrons. The van der Waals surface area contributed by atoms with Gasteiger partial charge < -0.3 is 32.4 Å². The SMILES string of the molecule is N/C=C(\NN)C(=O)N[C@H](Cc1ccc(-c2cc(Cl)ccc2F)cc1)CC(CO)(CCN)C(=O)O. The van der Waals surface area contributed by atoms with Gasteiger partial charge in [-0.15, -0.1) is 0 Å². The molecule has 0 aliphatic heterocycles. The van der Waals surface area contributed by atoms with Crippen molar-refractivity contribution < 1.29 is 24.2 Å². The van der Waals surface area contributed by atoms with E-state index in [4.69, 9.17) is 28.9 Å². The topological polar surface area (TPSA) is 177 Å². The van der Waals surface area contributed by atoms with Gasteiger partial charge in [-0.25, -0.2) is 4.39 Å². The Balaban J connectivity index is 2.34. The number of amides is 1. The number of hydrogen-bond donors (Lipinski definition) is 7. The van der Waals surface area contributed by atoms with Crippen LogP contribution < -0.4 is 28.1 Å². The molecule has 0 aromatic heterocycles. The third-order valence-electron chi connectivity index (χ3n) is 5.59. The van der Waals surface area contributed by atoms with E-state index in [1.54, 1.807) is 24.3 Å². The van der Waals surface area contributed by atoms with Crippen molar-refractivity contribution >= 4 is 23.5 Å². The van der Waals surface area contributed by atoms with E-state index in [1.165, 1.54) is 18.2 Å². The van der Waals surface area contributed by atoms with Gasteiger partial charge in [0.25, 0.3) is 5.91 Å². The second kappa shape index (κ2) is 12.3. The Morgan fingerprint density at radius 2 is 1.88 bits per heavy atom. The summed E-state index contributed by atoms with van der Waals surface area (Å²) in [5, 5.41) is 22.8. The zero-order valence-corrected chi connectivity index (χ0v) is 19.2. The fourth-order valence-electron chi connectivity index (χ4n) is 3.71. The van der Waals surface area contributed by atoms with Crippen LogP contribution in [0.1, 0.15) is 18.4 Å². The highest BCUT2D eigenvalue weighted by Gasteiger charge is 2.40. The number of aliphatic carboxylic acids is 1. The molecule has 0 aliphatic carbocycles. The maximum Gasteiger partial charge on any atom is 0.312 e. The summed E-state index contributed by atoms with van der Waals surface area (Å²) in [6.07, 6.45) is 1.10. The summed E-state index contributed by atoms with van der Waals surface area (Å²) in [6.45, 7) is -0.626. The van der Waals surface area contributed by atoms with Crippen molar-refractivity contribution in [1.29, 1.82) is 0 Å². The number of nitrogens with one attached hydrogen (secondary N) is 2. The molecule has 1 amide bonds. The summed E-state index contributed by atoms with van der Waals surface area (Å²) in [6, 6.07) is 10.4. The van der Waals surface area contributed by atoms with E-state index in [0.717, 1.165) is 11.8 Å². The Morgan fingerprint density at radius 1 is 1.21 bits per heavy atom. The lowest BCUT2D eigenvalue weighted by Gasteiger charge is -2.32. The van der Waals surface area contributed by atoms with Crippen molar-refractivity contribution in [1.82, 2.24) is 10.7 Å². The molecule has 2 atom stereocenters. The van der Waals surface area contributed by atoms with Crippen LogP contribution in [-0.4, -0.2) is 41.3 Å². The lowest BCUT2D eigenvalue weighted by atomic mass is 9.78. The number of hydrazine groups is 1. The second-order valence-electron chi connectivity index (χ2n) is 7.91. The second-order valence-corrected chi connectivity index (χ2v) is 8.34. The molecule has 0 saturated heterocycles. The molecule has 34 heavy (non-hydrogen) atoms. The van der Waals surface area contributed by atoms with Crippen LogP contribution >= 0.6 is 11.6 Å². The maximum atomic E-state index is 14.2. The highest BCUT2D eigenvalue weighted by Crippen LogP contribution is 2.30. The number of carbonyl (C=O) groups is 2. The van der Waals surface area contributed by atoms with E-state index in [2.05, 4.69) is 10.7 Å². The lowest BCUT2D eigenvalue weighted by molar-refractivity contribution is -0.153. The highest BCUT2D eigenvalue weighted by atomic mass is 35.5. The number of carbonyl (C=O) groups excluding carboxylic acids is 1. The molecule has 0 bridgehead atoms. The number of hydrogen-bond acceptors (Lipinski definition) is 7. The van der Waals surface area contributed by atoms with Crippen molar-refractivity contribution in [3.05, 3.63) is 70.8 Å². The van der Waals surface area contributed by atoms with Crippen LogP contribution in [0.5, 0.6) is 0 Å². The average Bonchev–Trinajstić information content (AvgIpc) is 2.81. The number of halogens is 2. The monoisotopic (exact) mass is 493 g/mol. The van der Waals surface area contributed by atoms with Gasteiger partial charge in [-0.3, -0.25) is 15.4 Å². The standard InChI is InChI=1S/C23H29ClFN5O4/c24-16-5-6-19(25)18(10-16)15-3-1-14(2-4-15)9-17(29-21(32)20(12-27)30-28)11-23(13-31,7-8-26)22(33)34/h1-6,10,12,17,30-31H,7-9,11,13,26-28H2,(H,29,32)(H,33,34)/b20-12-/t17-,23?/m1/s1. The fraction of sp³-hybridized carbons (Fsp3) is 0.304. The number of rotatable bonds is 12. The smallest absolute Gasteiger partial charge is 0.312 e. The first-order chi connectivity index (χ1) is 16.2. The number of nitrogens with two attached hydrogens (primary N) is 3. The van der Waals surface area contributed by atoms with Crippen LogP contribution in [0.4, 0.5) is 4.39 Å². The summed E-state index contributed by atoms with van der Waals surface area (Å²) < 4.78 is 14.2. The number of aliphatic hydroxyl groups is 1. The first-order valence-electron chi connectivity index (χ1n) is 10.5. The van der Waals surface area contributed by atoms with Gasteiger partial charge in [-0.2, -0.15) is 0 Å². The first kappa shape index (κ1) is 27.1. The number of aliphatic hydroxyl groups excluding tert-OH is 1. The van der Waals surface area contributed by atoms with Crippen molar-refractivity contribution in [2.24, 2.45) is 22.7 Å². The molecule has 2 rings (SSSR count). The predicted molar refractivity (Wildman–Crippen MR) is 128 cm³/mol. The molecular formula is C23H29ClFN5O4. The van der Waals surface area contributed by atoms with Crippen molar-refractivity contribution in [3.8, 4) is 11.1 Å². The summed E-state index contributed by atoms with van der Waals surface area (Å²) in [4.78, 5) is 24.5. The minimum atomic E-state index is -1.56. The van der Waals surface area contributed by atoms with Gasteiger partial charge in [0.2, 0.25) is 0 Å². The van der Waals surface area contributed by atoms with Crippen LogP contribution in [-0.2, 0) is 16.0 Å². The Bertz CT molecular complexity index is 1030. The Morgan fingerprint density at radius 3 is 2.41 bits per heavy atom. The highest BCUT2D eigenvalue weighted by molar-refractivity contribution is 6.30. The van der Waals surface area contributed by atoms with Crippen LogP contribution in [0.2, 0.25) is 5.02 Å². The third-order valence-corrected chi connectivity index (χ3v) is 5.83. The molecule has 0 spiro atoms. The minimum Gasteiger partial charge on any atom is -0.481 e. The van der Waals surface area contributed by atoms with Crippen LogP contribution in [0.15, 0.2) is 54.4 Å². The third kappa shape index (κ3) is 6.67. The number of carboxylic acids is 1. The molecule has 1 unspecified atom stereocenters. The van der Waals surface area contributed by atoms with E-state index >= 15 is 0 Å². The van der Waals surface area contributed by atoms with Crippen molar-refractivity contribution in [2.75, 3.05) is 13.2 Å². The van der Waals surface area contributed by atoms with Gasteiger partial charge in [0.1, 0.15) is 11.5 Å². The van der Waals surface area contributed by atoms with Crippen LogP contribution in [0, 0.1) is 11.2 Å². The zero-order valence-electron chi connectivity index (χ0n) is 18.4. The number of carboxylic acid groups (broad SMARTS) is 1. The molecule has 184 valence electrons. The van der Waals surface area contributed by atoms with Crippen LogP contribution in [0.25, 0.3) is 11.1 Å². The first-order valence-corrected chi connectivity index (χ1v) is 10.9. The normalized spacial score (nSPS) is 14.2. The quantitative estimate of drug-likeness (QED) is 0.131. The lowest BCUT2D eigenvalue weighted by Crippen LogP contribution is -2.48. The summed E-state index contributed by atoms with van der Waals surface area (Å²) >= 11 is 5.98. The summed E-state index contributed by atoms with van der Waals surface area (Å²) in [7, 11) is 0. The Hall–Kier alpha value is -3.18. The molecule has 9 nitrogen and oxygen atoms in total. The van der Waals surface area contributed by atoms with Gasteiger partial charge in [-0.05, 0) is 55.1 Å². The molecule has 11 heteroatoms. The van der Waals surface area contributed by atoms with E-state index in [1.807, 2.05) is 0 Å². The van der Waals surface area contributed by atoms with Gasteiger partial charge in [-0.1, -0.05) is 35.9 Å². The van der Waals surface area contributed by atoms with Crippen molar-refractivity contribution in [3.63, 3.8) is 0 Å². The number of benzene rings is 2. The molecule has 0 saturated carbocycles. The molecule has 2 aromatic rings. The Labute approximate surface area is 201 Å². The summed E-state index contributed by atoms with van der Waals surface area (Å²) in [5.74, 6) is 3.02. The fourth-order valence-corrected chi connectivity index (χ4v) is 3.88. The zero-order chi connectivity index (χ0) is 25.3. The Kier molecular flexibility index (Phi) is 9.82. The van der Waals surface area contributed by atoms with Gasteiger partial charge in [0.15, 0.2) is 0 Å².